The molecule has 0 spiro atoms. The SMILES string of the molecule is COc1cccc(-c2cc(-c3cn[nH]c3)c3cncn3c2)c1. The first-order valence-electron chi connectivity index (χ1n) is 6.94. The fraction of sp³-hybridized carbons (Fsp3) is 0.0588. The summed E-state index contributed by atoms with van der Waals surface area (Å²) < 4.78 is 7.34. The number of fused-ring (bicyclic) bond motifs is 1. The van der Waals surface area contributed by atoms with E-state index in [1.54, 1.807) is 7.11 Å². The molecule has 5 heteroatoms. The van der Waals surface area contributed by atoms with Crippen LogP contribution in [0.15, 0.2) is 61.4 Å². The van der Waals surface area contributed by atoms with Crippen molar-refractivity contribution >= 4 is 5.52 Å². The topological polar surface area (TPSA) is 55.2 Å². The Morgan fingerprint density at radius 1 is 1.09 bits per heavy atom. The molecule has 0 radical (unpaired) electrons. The minimum absolute atomic E-state index is 0.841. The first-order valence-corrected chi connectivity index (χ1v) is 6.94. The Balaban J connectivity index is 1.95. The molecule has 0 saturated heterocycles. The number of nitrogens with zero attached hydrogens (tertiary/aromatic N) is 3. The summed E-state index contributed by atoms with van der Waals surface area (Å²) in [6.07, 6.45) is 9.44. The van der Waals surface area contributed by atoms with E-state index in [0.29, 0.717) is 0 Å². The van der Waals surface area contributed by atoms with E-state index < -0.39 is 0 Å². The highest BCUT2D eigenvalue weighted by atomic mass is 16.5. The first kappa shape index (κ1) is 12.6. The molecule has 0 bridgehead atoms. The summed E-state index contributed by atoms with van der Waals surface area (Å²) in [5, 5.41) is 6.91. The molecule has 5 nitrogen and oxygen atoms in total. The fourth-order valence-corrected chi connectivity index (χ4v) is 2.62. The van der Waals surface area contributed by atoms with Crippen LogP contribution in [0.5, 0.6) is 5.75 Å². The van der Waals surface area contributed by atoms with Crippen LogP contribution in [0.25, 0.3) is 27.8 Å². The van der Waals surface area contributed by atoms with Crippen molar-refractivity contribution in [2.45, 2.75) is 0 Å². The molecule has 0 atom stereocenters. The molecular weight excluding hydrogens is 276 g/mol. The molecule has 3 heterocycles. The van der Waals surface area contributed by atoms with Gasteiger partial charge in [0.1, 0.15) is 5.75 Å². The highest BCUT2D eigenvalue weighted by Crippen LogP contribution is 2.31. The van der Waals surface area contributed by atoms with Gasteiger partial charge in [-0.15, -0.1) is 0 Å². The molecule has 0 saturated carbocycles. The molecular formula is C17H14N4O. The van der Waals surface area contributed by atoms with Crippen LogP contribution in [0.4, 0.5) is 0 Å². The number of hydrogen-bond donors (Lipinski definition) is 1. The lowest BCUT2D eigenvalue weighted by atomic mass is 10.0. The predicted molar refractivity (Wildman–Crippen MR) is 84.8 cm³/mol. The smallest absolute Gasteiger partial charge is 0.119 e. The third-order valence-corrected chi connectivity index (χ3v) is 3.73. The van der Waals surface area contributed by atoms with Crippen molar-refractivity contribution in [3.63, 3.8) is 0 Å². The standard InChI is InChI=1S/C17H14N4O/c1-22-15-4-2-3-12(5-15)13-6-16(14-7-19-20-8-14)17-9-18-11-21(17)10-13/h2-11H,1H3,(H,19,20). The summed E-state index contributed by atoms with van der Waals surface area (Å²) in [6.45, 7) is 0. The summed E-state index contributed by atoms with van der Waals surface area (Å²) in [4.78, 5) is 4.25. The number of pyridine rings is 1. The van der Waals surface area contributed by atoms with Crippen LogP contribution in [0.1, 0.15) is 0 Å². The first-order chi connectivity index (χ1) is 10.8. The average molecular weight is 290 g/mol. The van der Waals surface area contributed by atoms with E-state index in [9.17, 15) is 0 Å². The Bertz CT molecular complexity index is 925. The van der Waals surface area contributed by atoms with Crippen LogP contribution in [0.2, 0.25) is 0 Å². The number of rotatable bonds is 3. The number of H-pyrrole nitrogens is 1. The second-order valence-corrected chi connectivity index (χ2v) is 5.05. The van der Waals surface area contributed by atoms with Crippen LogP contribution in [0.3, 0.4) is 0 Å². The predicted octanol–water partition coefficient (Wildman–Crippen LogP) is 3.40. The van der Waals surface area contributed by atoms with Crippen LogP contribution < -0.4 is 4.74 Å². The highest BCUT2D eigenvalue weighted by Gasteiger charge is 2.10. The summed E-state index contributed by atoms with van der Waals surface area (Å²) in [5.74, 6) is 0.841. The number of imidazole rings is 1. The Morgan fingerprint density at radius 3 is 2.86 bits per heavy atom. The molecule has 0 aliphatic rings. The molecule has 4 rings (SSSR count). The van der Waals surface area contributed by atoms with Crippen LogP contribution in [0, 0.1) is 0 Å². The second-order valence-electron chi connectivity index (χ2n) is 5.05. The molecule has 0 aliphatic carbocycles. The van der Waals surface area contributed by atoms with Crippen LogP contribution >= 0.6 is 0 Å². The Morgan fingerprint density at radius 2 is 2.05 bits per heavy atom. The maximum absolute atomic E-state index is 5.32. The van der Waals surface area contributed by atoms with E-state index in [-0.39, 0.29) is 0 Å². The zero-order valence-corrected chi connectivity index (χ0v) is 12.0. The molecule has 0 fully saturated rings. The molecule has 0 amide bonds. The zero-order chi connectivity index (χ0) is 14.9. The Hall–Kier alpha value is -3.08. The molecule has 1 N–H and O–H groups in total. The van der Waals surface area contributed by atoms with Crippen molar-refractivity contribution < 1.29 is 4.74 Å². The van der Waals surface area contributed by atoms with E-state index in [0.717, 1.165) is 33.5 Å². The van der Waals surface area contributed by atoms with Gasteiger partial charge in [-0.2, -0.15) is 5.10 Å². The van der Waals surface area contributed by atoms with E-state index in [1.807, 2.05) is 47.5 Å². The van der Waals surface area contributed by atoms with Crippen molar-refractivity contribution in [3.05, 3.63) is 61.4 Å². The van der Waals surface area contributed by atoms with Gasteiger partial charge in [0.2, 0.25) is 0 Å². The van der Waals surface area contributed by atoms with Crippen LogP contribution in [-0.2, 0) is 0 Å². The lowest BCUT2D eigenvalue weighted by molar-refractivity contribution is 0.415. The van der Waals surface area contributed by atoms with Gasteiger partial charge in [0, 0.05) is 23.5 Å². The van der Waals surface area contributed by atoms with Gasteiger partial charge in [-0.25, -0.2) is 4.98 Å². The number of nitrogens with one attached hydrogen (secondary N) is 1. The third kappa shape index (κ3) is 2.03. The molecule has 0 unspecified atom stereocenters. The molecule has 1 aromatic carbocycles. The largest absolute Gasteiger partial charge is 0.497 e. The Labute approximate surface area is 127 Å². The maximum atomic E-state index is 5.32. The van der Waals surface area contributed by atoms with Crippen LogP contribution in [-0.4, -0.2) is 26.7 Å². The van der Waals surface area contributed by atoms with Gasteiger partial charge >= 0.3 is 0 Å². The normalized spacial score (nSPS) is 11.0. The Kier molecular flexibility index (Phi) is 2.89. The monoisotopic (exact) mass is 290 g/mol. The summed E-state index contributed by atoms with van der Waals surface area (Å²) >= 11 is 0. The van der Waals surface area contributed by atoms with Crippen molar-refractivity contribution in [1.82, 2.24) is 19.6 Å². The molecule has 3 aromatic heterocycles. The van der Waals surface area contributed by atoms with Crippen molar-refractivity contribution in [2.24, 2.45) is 0 Å². The van der Waals surface area contributed by atoms with E-state index in [2.05, 4.69) is 33.5 Å². The van der Waals surface area contributed by atoms with Gasteiger partial charge in [-0.05, 0) is 29.3 Å². The minimum Gasteiger partial charge on any atom is -0.497 e. The number of methoxy groups -OCH3 is 1. The third-order valence-electron chi connectivity index (χ3n) is 3.73. The van der Waals surface area contributed by atoms with Crippen molar-refractivity contribution in [2.75, 3.05) is 7.11 Å². The fourth-order valence-electron chi connectivity index (χ4n) is 2.62. The minimum atomic E-state index is 0.841. The number of ether oxygens (including phenoxy) is 1. The van der Waals surface area contributed by atoms with Gasteiger partial charge in [-0.1, -0.05) is 12.1 Å². The van der Waals surface area contributed by atoms with Gasteiger partial charge in [0.05, 0.1) is 31.3 Å². The van der Waals surface area contributed by atoms with Gasteiger partial charge < -0.3 is 9.14 Å². The number of aromatic amines is 1. The summed E-state index contributed by atoms with van der Waals surface area (Å²) in [6, 6.07) is 10.2. The van der Waals surface area contributed by atoms with E-state index in [4.69, 9.17) is 4.74 Å². The summed E-state index contributed by atoms with van der Waals surface area (Å²) in [7, 11) is 1.68. The highest BCUT2D eigenvalue weighted by molar-refractivity contribution is 5.83. The number of hydrogen-bond acceptors (Lipinski definition) is 3. The maximum Gasteiger partial charge on any atom is 0.119 e. The molecule has 108 valence electrons. The molecule has 0 aliphatic heterocycles. The van der Waals surface area contributed by atoms with Gasteiger partial charge in [0.15, 0.2) is 0 Å². The van der Waals surface area contributed by atoms with Crippen molar-refractivity contribution in [1.29, 1.82) is 0 Å². The second kappa shape index (κ2) is 5.04. The number of benzene rings is 1. The number of aromatic nitrogens is 4. The van der Waals surface area contributed by atoms with E-state index in [1.165, 1.54) is 0 Å². The lowest BCUT2D eigenvalue weighted by Crippen LogP contribution is -1.90. The van der Waals surface area contributed by atoms with Gasteiger partial charge in [0.25, 0.3) is 0 Å². The van der Waals surface area contributed by atoms with Crippen molar-refractivity contribution in [3.8, 4) is 28.0 Å². The lowest BCUT2D eigenvalue weighted by Gasteiger charge is -2.09. The molecule has 4 aromatic rings. The summed E-state index contributed by atoms with van der Waals surface area (Å²) in [5.41, 5.74) is 5.37. The average Bonchev–Trinajstić information content (AvgIpc) is 3.25. The van der Waals surface area contributed by atoms with Gasteiger partial charge in [-0.3, -0.25) is 5.10 Å². The van der Waals surface area contributed by atoms with E-state index >= 15 is 0 Å². The zero-order valence-electron chi connectivity index (χ0n) is 12.0. The quantitative estimate of drug-likeness (QED) is 0.629. The molecule has 22 heavy (non-hydrogen) atoms.